The molecular weight excluding hydrogens is 316 g/mol. The number of benzene rings is 1. The van der Waals surface area contributed by atoms with Gasteiger partial charge >= 0.3 is 0 Å². The Balaban J connectivity index is 1.52. The molecule has 0 radical (unpaired) electrons. The van der Waals surface area contributed by atoms with Crippen molar-refractivity contribution in [3.63, 3.8) is 0 Å². The monoisotopic (exact) mass is 342 g/mol. The molecule has 1 aromatic heterocycles. The number of likely N-dealkylation sites (tertiary alicyclic amines) is 1. The number of nitrogens with zero attached hydrogens (tertiary/aromatic N) is 3. The number of fused-ring (bicyclic) bond motifs is 1. The lowest BCUT2D eigenvalue weighted by Crippen LogP contribution is -2.35. The summed E-state index contributed by atoms with van der Waals surface area (Å²) in [6, 6.07) is 5.52. The number of nitrogens with one attached hydrogen (secondary N) is 1. The molecule has 1 fully saturated rings. The summed E-state index contributed by atoms with van der Waals surface area (Å²) < 4.78 is 1.38. The predicted octanol–water partition coefficient (Wildman–Crippen LogP) is 1.70. The molecule has 134 valence electrons. The van der Waals surface area contributed by atoms with Crippen molar-refractivity contribution in [2.75, 3.05) is 26.2 Å². The number of amides is 1. The molecule has 2 heterocycles. The Labute approximate surface area is 147 Å². The first-order valence-electron chi connectivity index (χ1n) is 9.09. The number of carbonyl (C=O) groups is 1. The van der Waals surface area contributed by atoms with Gasteiger partial charge in [0, 0.05) is 6.54 Å². The van der Waals surface area contributed by atoms with E-state index in [1.54, 1.807) is 6.07 Å². The fraction of sp³-hybridized carbons (Fsp3) is 0.526. The first kappa shape index (κ1) is 17.6. The van der Waals surface area contributed by atoms with E-state index in [0.29, 0.717) is 17.4 Å². The molecule has 0 spiro atoms. The largest absolute Gasteiger partial charge is 0.354 e. The minimum atomic E-state index is -0.169. The molecule has 6 heteroatoms. The van der Waals surface area contributed by atoms with Crippen LogP contribution in [0.25, 0.3) is 10.9 Å². The molecule has 1 saturated heterocycles. The molecule has 6 nitrogen and oxygen atoms in total. The second kappa shape index (κ2) is 8.25. The van der Waals surface area contributed by atoms with E-state index in [1.807, 2.05) is 19.1 Å². The van der Waals surface area contributed by atoms with Crippen molar-refractivity contribution in [2.45, 2.75) is 39.2 Å². The number of hydrogen-bond donors (Lipinski definition) is 1. The zero-order valence-electron chi connectivity index (χ0n) is 14.8. The Bertz CT molecular complexity index is 794. The second-order valence-electron chi connectivity index (χ2n) is 6.75. The third kappa shape index (κ3) is 4.45. The average Bonchev–Trinajstić information content (AvgIpc) is 2.63. The van der Waals surface area contributed by atoms with Crippen molar-refractivity contribution in [3.8, 4) is 0 Å². The van der Waals surface area contributed by atoms with Gasteiger partial charge in [-0.05, 0) is 57.5 Å². The smallest absolute Gasteiger partial charge is 0.261 e. The molecule has 1 aromatic carbocycles. The first-order valence-corrected chi connectivity index (χ1v) is 9.09. The van der Waals surface area contributed by atoms with E-state index in [-0.39, 0.29) is 18.0 Å². The summed E-state index contributed by atoms with van der Waals surface area (Å²) in [5.74, 6) is -0.144. The van der Waals surface area contributed by atoms with Crippen molar-refractivity contribution in [1.82, 2.24) is 19.8 Å². The van der Waals surface area contributed by atoms with Crippen LogP contribution in [-0.4, -0.2) is 46.5 Å². The van der Waals surface area contributed by atoms with Gasteiger partial charge in [0.15, 0.2) is 0 Å². The van der Waals surface area contributed by atoms with Crippen LogP contribution < -0.4 is 10.9 Å². The Morgan fingerprint density at radius 1 is 1.24 bits per heavy atom. The van der Waals surface area contributed by atoms with E-state index < -0.39 is 0 Å². The Morgan fingerprint density at radius 3 is 2.84 bits per heavy atom. The Hall–Kier alpha value is -2.21. The van der Waals surface area contributed by atoms with E-state index in [2.05, 4.69) is 15.2 Å². The summed E-state index contributed by atoms with van der Waals surface area (Å²) in [5.41, 5.74) is 1.49. The second-order valence-corrected chi connectivity index (χ2v) is 6.75. The summed E-state index contributed by atoms with van der Waals surface area (Å²) in [5, 5.41) is 3.46. The van der Waals surface area contributed by atoms with Crippen LogP contribution in [0.5, 0.6) is 0 Å². The lowest BCUT2D eigenvalue weighted by Gasteiger charge is -2.26. The molecule has 1 aliphatic heterocycles. The van der Waals surface area contributed by atoms with Crippen molar-refractivity contribution in [3.05, 3.63) is 40.4 Å². The Morgan fingerprint density at radius 2 is 2.04 bits per heavy atom. The fourth-order valence-corrected chi connectivity index (χ4v) is 3.37. The minimum absolute atomic E-state index is 0.0133. The molecule has 1 N–H and O–H groups in total. The molecule has 0 unspecified atom stereocenters. The highest BCUT2D eigenvalue weighted by atomic mass is 16.2. The normalized spacial score (nSPS) is 15.4. The summed E-state index contributed by atoms with van der Waals surface area (Å²) in [4.78, 5) is 31.4. The molecule has 1 aliphatic rings. The number of aryl methyl sites for hydroxylation is 1. The van der Waals surface area contributed by atoms with Crippen LogP contribution in [0.15, 0.2) is 29.3 Å². The van der Waals surface area contributed by atoms with Crippen LogP contribution in [0.4, 0.5) is 0 Å². The van der Waals surface area contributed by atoms with Gasteiger partial charge in [-0.2, -0.15) is 0 Å². The summed E-state index contributed by atoms with van der Waals surface area (Å²) in [6.45, 7) is 5.95. The maximum absolute atomic E-state index is 12.5. The predicted molar refractivity (Wildman–Crippen MR) is 98.7 cm³/mol. The van der Waals surface area contributed by atoms with Crippen molar-refractivity contribution in [2.24, 2.45) is 0 Å². The average molecular weight is 342 g/mol. The van der Waals surface area contributed by atoms with Crippen LogP contribution in [0, 0.1) is 6.92 Å². The number of rotatable bonds is 6. The summed E-state index contributed by atoms with van der Waals surface area (Å²) in [6.07, 6.45) is 6.30. The van der Waals surface area contributed by atoms with E-state index in [4.69, 9.17) is 0 Å². The third-order valence-electron chi connectivity index (χ3n) is 4.79. The van der Waals surface area contributed by atoms with Crippen LogP contribution in [0.2, 0.25) is 0 Å². The molecule has 0 saturated carbocycles. The Kier molecular flexibility index (Phi) is 5.81. The van der Waals surface area contributed by atoms with Crippen molar-refractivity contribution in [1.29, 1.82) is 0 Å². The third-order valence-corrected chi connectivity index (χ3v) is 4.79. The van der Waals surface area contributed by atoms with Crippen molar-refractivity contribution < 1.29 is 4.79 Å². The summed E-state index contributed by atoms with van der Waals surface area (Å²) >= 11 is 0. The lowest BCUT2D eigenvalue weighted by molar-refractivity contribution is -0.121. The number of piperidine rings is 1. The standard InChI is InChI=1S/C19H26N4O2/c1-15-7-5-8-16-18(15)21-14-23(19(16)25)13-17(24)20-9-6-12-22-10-3-2-4-11-22/h5,7-8,14H,2-4,6,9-13H2,1H3,(H,20,24). The highest BCUT2D eigenvalue weighted by molar-refractivity contribution is 5.81. The highest BCUT2D eigenvalue weighted by Crippen LogP contribution is 2.11. The van der Waals surface area contributed by atoms with Gasteiger partial charge in [-0.25, -0.2) is 4.98 Å². The van der Waals surface area contributed by atoms with E-state index >= 15 is 0 Å². The van der Waals surface area contributed by atoms with Gasteiger partial charge in [0.25, 0.3) is 5.56 Å². The van der Waals surface area contributed by atoms with Crippen LogP contribution in [0.3, 0.4) is 0 Å². The zero-order chi connectivity index (χ0) is 17.6. The van der Waals surface area contributed by atoms with E-state index in [1.165, 1.54) is 43.2 Å². The van der Waals surface area contributed by atoms with E-state index in [9.17, 15) is 9.59 Å². The molecule has 2 aromatic rings. The van der Waals surface area contributed by atoms with Gasteiger partial charge in [0.1, 0.15) is 6.54 Å². The number of carbonyl (C=O) groups excluding carboxylic acids is 1. The minimum Gasteiger partial charge on any atom is -0.354 e. The maximum atomic E-state index is 12.5. The van der Waals surface area contributed by atoms with Gasteiger partial charge in [0.05, 0.1) is 17.2 Å². The molecule has 0 atom stereocenters. The van der Waals surface area contributed by atoms with Gasteiger partial charge in [-0.15, -0.1) is 0 Å². The maximum Gasteiger partial charge on any atom is 0.261 e. The highest BCUT2D eigenvalue weighted by Gasteiger charge is 2.11. The van der Waals surface area contributed by atoms with E-state index in [0.717, 1.165) is 18.5 Å². The zero-order valence-corrected chi connectivity index (χ0v) is 14.8. The summed E-state index contributed by atoms with van der Waals surface area (Å²) in [7, 11) is 0. The van der Waals surface area contributed by atoms with Crippen LogP contribution in [0.1, 0.15) is 31.2 Å². The lowest BCUT2D eigenvalue weighted by atomic mass is 10.1. The molecule has 3 rings (SSSR count). The fourth-order valence-electron chi connectivity index (χ4n) is 3.37. The number of para-hydroxylation sites is 1. The molecule has 25 heavy (non-hydrogen) atoms. The van der Waals surface area contributed by atoms with Gasteiger partial charge in [-0.3, -0.25) is 14.2 Å². The van der Waals surface area contributed by atoms with Crippen LogP contribution >= 0.6 is 0 Å². The van der Waals surface area contributed by atoms with Crippen LogP contribution in [-0.2, 0) is 11.3 Å². The molecule has 0 bridgehead atoms. The molecule has 1 amide bonds. The topological polar surface area (TPSA) is 67.2 Å². The number of hydrogen-bond acceptors (Lipinski definition) is 4. The molecule has 0 aliphatic carbocycles. The SMILES string of the molecule is Cc1cccc2c(=O)n(CC(=O)NCCCN3CCCCC3)cnc12. The van der Waals surface area contributed by atoms with Crippen molar-refractivity contribution >= 4 is 16.8 Å². The van der Waals surface area contributed by atoms with Gasteiger partial charge in [-0.1, -0.05) is 18.6 Å². The van der Waals surface area contributed by atoms with Gasteiger partial charge < -0.3 is 10.2 Å². The quantitative estimate of drug-likeness (QED) is 0.812. The molecular formula is C19H26N4O2. The number of aromatic nitrogens is 2. The first-order chi connectivity index (χ1) is 12.1. The van der Waals surface area contributed by atoms with Gasteiger partial charge in [0.2, 0.25) is 5.91 Å².